The molecule has 1 aromatic heterocycles. The summed E-state index contributed by atoms with van der Waals surface area (Å²) in [4.78, 5) is 24.4. The Balaban J connectivity index is 1.43. The number of nitrogens with zero attached hydrogens (tertiary/aromatic N) is 2. The predicted octanol–water partition coefficient (Wildman–Crippen LogP) is 5.03. The first-order chi connectivity index (χ1) is 19.1. The monoisotopic (exact) mass is 578 g/mol. The second-order valence-electron chi connectivity index (χ2n) is 9.05. The molecule has 0 saturated carbocycles. The summed E-state index contributed by atoms with van der Waals surface area (Å²) in [5.74, 6) is -1.21. The minimum atomic E-state index is -3.89. The van der Waals surface area contributed by atoms with Crippen LogP contribution in [0.15, 0.2) is 99.3 Å². The molecule has 2 amide bonds. The van der Waals surface area contributed by atoms with Crippen molar-refractivity contribution in [1.82, 2.24) is 9.73 Å². The van der Waals surface area contributed by atoms with Crippen molar-refractivity contribution in [2.24, 2.45) is 5.10 Å². The number of halogens is 1. The molecular formula is C29H27ClN4O5S. The molecule has 0 fully saturated rings. The van der Waals surface area contributed by atoms with Gasteiger partial charge in [-0.25, -0.2) is 13.8 Å². The van der Waals surface area contributed by atoms with E-state index in [-0.39, 0.29) is 23.7 Å². The number of sulfonamides is 1. The minimum absolute atomic E-state index is 0.0572. The lowest BCUT2D eigenvalue weighted by atomic mass is 10.1. The van der Waals surface area contributed by atoms with Gasteiger partial charge in [0.1, 0.15) is 11.5 Å². The van der Waals surface area contributed by atoms with E-state index in [1.54, 1.807) is 24.3 Å². The highest BCUT2D eigenvalue weighted by molar-refractivity contribution is 7.89. The molecule has 0 unspecified atom stereocenters. The van der Waals surface area contributed by atoms with Crippen molar-refractivity contribution in [3.05, 3.63) is 118 Å². The number of rotatable bonds is 9. The van der Waals surface area contributed by atoms with E-state index in [0.717, 1.165) is 16.7 Å². The van der Waals surface area contributed by atoms with E-state index >= 15 is 0 Å². The average Bonchev–Trinajstić information content (AvgIpc) is 3.35. The van der Waals surface area contributed by atoms with Crippen LogP contribution in [0.5, 0.6) is 0 Å². The summed E-state index contributed by atoms with van der Waals surface area (Å²) in [6.45, 7) is 3.83. The van der Waals surface area contributed by atoms with Gasteiger partial charge in [-0.3, -0.25) is 9.59 Å². The Hall–Kier alpha value is -4.25. The van der Waals surface area contributed by atoms with E-state index in [9.17, 15) is 18.0 Å². The molecule has 9 nitrogen and oxygen atoms in total. The Morgan fingerprint density at radius 3 is 2.25 bits per heavy atom. The van der Waals surface area contributed by atoms with Crippen LogP contribution in [0, 0.1) is 13.8 Å². The molecule has 1 heterocycles. The van der Waals surface area contributed by atoms with Crippen LogP contribution in [0.4, 0.5) is 5.69 Å². The molecule has 4 rings (SSSR count). The van der Waals surface area contributed by atoms with Gasteiger partial charge in [0.15, 0.2) is 0 Å². The Kier molecular flexibility index (Phi) is 9.15. The topological polar surface area (TPSA) is 121 Å². The number of carbonyl (C=O) groups is 2. The lowest BCUT2D eigenvalue weighted by Crippen LogP contribution is -2.32. The summed E-state index contributed by atoms with van der Waals surface area (Å²) in [6, 6.07) is 23.8. The third-order valence-corrected chi connectivity index (χ3v) is 7.77. The number of benzene rings is 3. The summed E-state index contributed by atoms with van der Waals surface area (Å²) in [7, 11) is -3.89. The third-order valence-electron chi connectivity index (χ3n) is 5.71. The van der Waals surface area contributed by atoms with Gasteiger partial charge in [-0.05, 0) is 79.1 Å². The first kappa shape index (κ1) is 28.8. The molecular weight excluding hydrogens is 552 g/mol. The number of nitrogens with one attached hydrogen (secondary N) is 2. The van der Waals surface area contributed by atoms with Gasteiger partial charge in [-0.2, -0.15) is 9.41 Å². The number of furan rings is 1. The zero-order chi connectivity index (χ0) is 28.7. The molecule has 206 valence electrons. The van der Waals surface area contributed by atoms with Crippen LogP contribution in [0.3, 0.4) is 0 Å². The van der Waals surface area contributed by atoms with E-state index in [0.29, 0.717) is 16.5 Å². The van der Waals surface area contributed by atoms with Crippen LogP contribution in [0.2, 0.25) is 5.02 Å². The van der Waals surface area contributed by atoms with Gasteiger partial charge in [0.2, 0.25) is 10.0 Å². The molecule has 0 saturated heterocycles. The van der Waals surface area contributed by atoms with Gasteiger partial charge < -0.3 is 9.73 Å². The van der Waals surface area contributed by atoms with Gasteiger partial charge in [0.25, 0.3) is 0 Å². The lowest BCUT2D eigenvalue weighted by Gasteiger charge is -2.21. The molecule has 3 aromatic carbocycles. The van der Waals surface area contributed by atoms with Crippen LogP contribution in [0.25, 0.3) is 0 Å². The molecule has 0 radical (unpaired) electrons. The van der Waals surface area contributed by atoms with Gasteiger partial charge in [0, 0.05) is 17.3 Å². The molecule has 4 aromatic rings. The summed E-state index contributed by atoms with van der Waals surface area (Å²) >= 11 is 5.95. The largest absolute Gasteiger partial charge is 0.459 e. The van der Waals surface area contributed by atoms with Crippen molar-refractivity contribution in [2.75, 3.05) is 5.32 Å². The number of aryl methyl sites for hydroxylation is 2. The highest BCUT2D eigenvalue weighted by Gasteiger charge is 2.26. The van der Waals surface area contributed by atoms with Crippen LogP contribution in [-0.2, 0) is 32.7 Å². The van der Waals surface area contributed by atoms with Gasteiger partial charge in [0.05, 0.1) is 17.7 Å². The summed E-state index contributed by atoms with van der Waals surface area (Å²) < 4.78 is 34.0. The fourth-order valence-electron chi connectivity index (χ4n) is 3.93. The first-order valence-corrected chi connectivity index (χ1v) is 14.0. The fraction of sp³-hybridized carbons (Fsp3) is 0.138. The van der Waals surface area contributed by atoms with E-state index in [1.807, 2.05) is 50.2 Å². The Labute approximate surface area is 237 Å². The third kappa shape index (κ3) is 7.66. The average molecular weight is 579 g/mol. The number of anilines is 1. The number of hydrazone groups is 1. The molecule has 40 heavy (non-hydrogen) atoms. The Morgan fingerprint density at radius 2 is 1.57 bits per heavy atom. The van der Waals surface area contributed by atoms with E-state index in [4.69, 9.17) is 16.0 Å². The Morgan fingerprint density at radius 1 is 0.900 bits per heavy atom. The van der Waals surface area contributed by atoms with E-state index < -0.39 is 21.8 Å². The van der Waals surface area contributed by atoms with E-state index in [2.05, 4.69) is 15.8 Å². The zero-order valence-electron chi connectivity index (χ0n) is 21.8. The maximum absolute atomic E-state index is 13.5. The summed E-state index contributed by atoms with van der Waals surface area (Å²) in [5, 5.41) is 6.74. The highest BCUT2D eigenvalue weighted by atomic mass is 35.5. The smallest absolute Gasteiger partial charge is 0.329 e. The van der Waals surface area contributed by atoms with Crippen LogP contribution in [-0.4, -0.2) is 30.8 Å². The summed E-state index contributed by atoms with van der Waals surface area (Å²) in [5.41, 5.74) is 5.36. The van der Waals surface area contributed by atoms with Gasteiger partial charge >= 0.3 is 11.8 Å². The second kappa shape index (κ2) is 12.7. The molecule has 2 N–H and O–H groups in total. The van der Waals surface area contributed by atoms with Crippen molar-refractivity contribution in [1.29, 1.82) is 0 Å². The standard InChI is InChI=1S/C29H27ClN4O5S/c1-20-14-21(2)16-24(15-20)32-28(35)29(36)33-31-17-25-10-11-26(39-25)19-34(18-22-6-4-3-5-7-22)40(37,38)27-12-8-23(30)9-13-27/h3-17H,18-19H2,1-2H3,(H,32,35)(H,33,36)/b31-17+. The second-order valence-corrected chi connectivity index (χ2v) is 11.4. The maximum Gasteiger partial charge on any atom is 0.329 e. The van der Waals surface area contributed by atoms with Crippen molar-refractivity contribution in [3.8, 4) is 0 Å². The molecule has 0 spiro atoms. The van der Waals surface area contributed by atoms with Gasteiger partial charge in [-0.1, -0.05) is 48.0 Å². The Bertz CT molecular complexity index is 1610. The normalized spacial score (nSPS) is 11.6. The minimum Gasteiger partial charge on any atom is -0.459 e. The number of amides is 2. The first-order valence-electron chi connectivity index (χ1n) is 12.2. The SMILES string of the molecule is Cc1cc(C)cc(NC(=O)C(=O)N/N=C/c2ccc(CN(Cc3ccccc3)S(=O)(=O)c3ccc(Cl)cc3)o2)c1. The zero-order valence-corrected chi connectivity index (χ0v) is 23.4. The van der Waals surface area contributed by atoms with E-state index in [1.165, 1.54) is 34.8 Å². The van der Waals surface area contributed by atoms with Crippen molar-refractivity contribution < 1.29 is 22.4 Å². The number of hydrogen-bond acceptors (Lipinski definition) is 6. The van der Waals surface area contributed by atoms with Crippen LogP contribution >= 0.6 is 11.6 Å². The molecule has 0 aliphatic carbocycles. The highest BCUT2D eigenvalue weighted by Crippen LogP contribution is 2.23. The molecule has 0 aliphatic heterocycles. The molecule has 11 heteroatoms. The molecule has 0 atom stereocenters. The van der Waals surface area contributed by atoms with Crippen molar-refractivity contribution in [2.45, 2.75) is 31.8 Å². The predicted molar refractivity (Wildman–Crippen MR) is 153 cm³/mol. The van der Waals surface area contributed by atoms with Crippen molar-refractivity contribution >= 4 is 45.3 Å². The van der Waals surface area contributed by atoms with Crippen molar-refractivity contribution in [3.63, 3.8) is 0 Å². The maximum atomic E-state index is 13.5. The van der Waals surface area contributed by atoms with Gasteiger partial charge in [-0.15, -0.1) is 0 Å². The van der Waals surface area contributed by atoms with Crippen LogP contribution < -0.4 is 10.7 Å². The summed E-state index contributed by atoms with van der Waals surface area (Å²) in [6.07, 6.45) is 1.22. The molecule has 0 aliphatic rings. The quantitative estimate of drug-likeness (QED) is 0.164. The number of carbonyl (C=O) groups excluding carboxylic acids is 2. The van der Waals surface area contributed by atoms with Crippen LogP contribution in [0.1, 0.15) is 28.2 Å². The molecule has 0 bridgehead atoms. The lowest BCUT2D eigenvalue weighted by molar-refractivity contribution is -0.136. The fourth-order valence-corrected chi connectivity index (χ4v) is 5.45. The number of hydrogen-bond donors (Lipinski definition) is 2.